The Labute approximate surface area is 93.4 Å². The highest BCUT2D eigenvalue weighted by Gasteiger charge is 2.24. The number of benzene rings is 1. The number of nitrogens with two attached hydrogens (primary N) is 1. The molecule has 1 aliphatic rings. The van der Waals surface area contributed by atoms with Crippen molar-refractivity contribution in [3.05, 3.63) is 23.8 Å². The van der Waals surface area contributed by atoms with Crippen LogP contribution in [-0.2, 0) is 0 Å². The molecule has 84 valence electrons. The third kappa shape index (κ3) is 2.53. The molecule has 1 aromatic rings. The summed E-state index contributed by atoms with van der Waals surface area (Å²) in [6.45, 7) is 0. The lowest BCUT2D eigenvalue weighted by Crippen LogP contribution is -2.32. The van der Waals surface area contributed by atoms with Gasteiger partial charge in [0.05, 0.1) is 0 Å². The normalized spacial score (nSPS) is 14.6. The van der Waals surface area contributed by atoms with Crippen molar-refractivity contribution in [3.8, 4) is 0 Å². The van der Waals surface area contributed by atoms with Crippen molar-refractivity contribution in [1.29, 1.82) is 0 Å². The Bertz CT molecular complexity index is 419. The van der Waals surface area contributed by atoms with E-state index in [1.165, 1.54) is 18.2 Å². The molecular formula is C10H13BN2O3. The van der Waals surface area contributed by atoms with E-state index in [1.807, 2.05) is 0 Å². The van der Waals surface area contributed by atoms with Crippen molar-refractivity contribution in [2.75, 3.05) is 5.73 Å². The highest BCUT2D eigenvalue weighted by molar-refractivity contribution is 6.58. The second kappa shape index (κ2) is 4.15. The number of hydrogen-bond donors (Lipinski definition) is 4. The predicted octanol–water partition coefficient (Wildman–Crippen LogP) is -1.16. The van der Waals surface area contributed by atoms with Gasteiger partial charge in [-0.1, -0.05) is 0 Å². The molecule has 2 rings (SSSR count). The summed E-state index contributed by atoms with van der Waals surface area (Å²) in [4.78, 5) is 11.7. The molecule has 5 nitrogen and oxygen atoms in total. The molecule has 1 amide bonds. The first-order valence-electron chi connectivity index (χ1n) is 5.14. The number of amides is 1. The molecule has 1 saturated carbocycles. The second-order valence-electron chi connectivity index (χ2n) is 4.01. The molecule has 1 aromatic carbocycles. The SMILES string of the molecule is Nc1cc(B(O)O)cc(C(=O)NC2CC2)c1. The second-order valence-corrected chi connectivity index (χ2v) is 4.01. The largest absolute Gasteiger partial charge is 0.488 e. The van der Waals surface area contributed by atoms with E-state index < -0.39 is 7.12 Å². The molecule has 16 heavy (non-hydrogen) atoms. The zero-order valence-electron chi connectivity index (χ0n) is 8.68. The summed E-state index contributed by atoms with van der Waals surface area (Å²) in [6.07, 6.45) is 2.01. The fraction of sp³-hybridized carbons (Fsp3) is 0.300. The highest BCUT2D eigenvalue weighted by atomic mass is 16.4. The number of carbonyl (C=O) groups is 1. The van der Waals surface area contributed by atoms with E-state index in [0.29, 0.717) is 11.3 Å². The van der Waals surface area contributed by atoms with Crippen molar-refractivity contribution in [2.45, 2.75) is 18.9 Å². The number of nitrogens with one attached hydrogen (secondary N) is 1. The number of nitrogen functional groups attached to an aromatic ring is 1. The standard InChI is InChI=1S/C10H13BN2O3/c12-8-4-6(3-7(5-8)11(15)16)10(14)13-9-1-2-9/h3-5,9,15-16H,1-2,12H2,(H,13,14). The lowest BCUT2D eigenvalue weighted by molar-refractivity contribution is 0.0951. The molecule has 0 heterocycles. The third-order valence-electron chi connectivity index (χ3n) is 2.45. The van der Waals surface area contributed by atoms with Gasteiger partial charge in [0.1, 0.15) is 0 Å². The van der Waals surface area contributed by atoms with E-state index in [4.69, 9.17) is 15.8 Å². The van der Waals surface area contributed by atoms with E-state index in [1.54, 1.807) is 0 Å². The van der Waals surface area contributed by atoms with Gasteiger partial charge in [0.15, 0.2) is 0 Å². The van der Waals surface area contributed by atoms with E-state index in [0.717, 1.165) is 12.8 Å². The van der Waals surface area contributed by atoms with Crippen molar-refractivity contribution < 1.29 is 14.8 Å². The predicted molar refractivity (Wildman–Crippen MR) is 61.2 cm³/mol. The minimum Gasteiger partial charge on any atom is -0.423 e. The van der Waals surface area contributed by atoms with Crippen LogP contribution in [0.25, 0.3) is 0 Å². The Morgan fingerprint density at radius 3 is 2.62 bits per heavy atom. The zero-order chi connectivity index (χ0) is 11.7. The zero-order valence-corrected chi connectivity index (χ0v) is 8.68. The van der Waals surface area contributed by atoms with E-state index in [-0.39, 0.29) is 17.4 Å². The number of hydrogen-bond acceptors (Lipinski definition) is 4. The van der Waals surface area contributed by atoms with Crippen LogP contribution in [0.1, 0.15) is 23.2 Å². The van der Waals surface area contributed by atoms with Crippen molar-refractivity contribution in [3.63, 3.8) is 0 Å². The molecule has 5 N–H and O–H groups in total. The molecule has 6 heteroatoms. The Morgan fingerprint density at radius 2 is 2.06 bits per heavy atom. The number of anilines is 1. The molecule has 1 aliphatic carbocycles. The van der Waals surface area contributed by atoms with Gasteiger partial charge in [-0.2, -0.15) is 0 Å². The van der Waals surface area contributed by atoms with E-state index in [9.17, 15) is 4.79 Å². The summed E-state index contributed by atoms with van der Waals surface area (Å²) >= 11 is 0. The van der Waals surface area contributed by atoms with Gasteiger partial charge >= 0.3 is 7.12 Å². The molecule has 1 fully saturated rings. The van der Waals surface area contributed by atoms with Gasteiger partial charge in [-0.25, -0.2) is 0 Å². The molecule has 0 atom stereocenters. The Balaban J connectivity index is 2.21. The fourth-order valence-corrected chi connectivity index (χ4v) is 1.45. The van der Waals surface area contributed by atoms with Crippen LogP contribution >= 0.6 is 0 Å². The molecule has 0 aromatic heterocycles. The molecule has 0 aliphatic heterocycles. The molecule has 0 unspecified atom stereocenters. The highest BCUT2D eigenvalue weighted by Crippen LogP contribution is 2.19. The minimum atomic E-state index is -1.61. The van der Waals surface area contributed by atoms with Crippen molar-refractivity contribution >= 4 is 24.2 Å². The quantitative estimate of drug-likeness (QED) is 0.381. The van der Waals surface area contributed by atoms with Crippen LogP contribution in [0, 0.1) is 0 Å². The minimum absolute atomic E-state index is 0.223. The molecule has 0 spiro atoms. The first kappa shape index (κ1) is 11.0. The molecule has 0 bridgehead atoms. The van der Waals surface area contributed by atoms with Gasteiger partial charge < -0.3 is 21.1 Å². The van der Waals surface area contributed by atoms with Crippen LogP contribution in [0.4, 0.5) is 5.69 Å². The Hall–Kier alpha value is -1.53. The summed E-state index contributed by atoms with van der Waals surface area (Å²) in [5, 5.41) is 20.8. The Kier molecular flexibility index (Phi) is 2.85. The van der Waals surface area contributed by atoms with Crippen molar-refractivity contribution in [1.82, 2.24) is 5.32 Å². The van der Waals surface area contributed by atoms with E-state index in [2.05, 4.69) is 5.32 Å². The molecular weight excluding hydrogens is 207 g/mol. The van der Waals surface area contributed by atoms with Crippen molar-refractivity contribution in [2.24, 2.45) is 0 Å². The molecule has 0 saturated heterocycles. The van der Waals surface area contributed by atoms with Crippen LogP contribution in [0.5, 0.6) is 0 Å². The van der Waals surface area contributed by atoms with E-state index >= 15 is 0 Å². The topological polar surface area (TPSA) is 95.6 Å². The fourth-order valence-electron chi connectivity index (χ4n) is 1.45. The lowest BCUT2D eigenvalue weighted by Gasteiger charge is -2.07. The smallest absolute Gasteiger partial charge is 0.423 e. The summed E-state index contributed by atoms with van der Waals surface area (Å²) < 4.78 is 0. The maximum atomic E-state index is 11.7. The van der Waals surface area contributed by atoms with Crippen LogP contribution in [-0.4, -0.2) is 29.1 Å². The third-order valence-corrected chi connectivity index (χ3v) is 2.45. The van der Waals surface area contributed by atoms with Gasteiger partial charge in [-0.3, -0.25) is 4.79 Å². The van der Waals surface area contributed by atoms with Gasteiger partial charge in [0, 0.05) is 17.3 Å². The summed E-state index contributed by atoms with van der Waals surface area (Å²) in [6, 6.07) is 4.64. The monoisotopic (exact) mass is 220 g/mol. The lowest BCUT2D eigenvalue weighted by atomic mass is 9.79. The number of carbonyl (C=O) groups excluding carboxylic acids is 1. The van der Waals surface area contributed by atoms with Crippen LogP contribution in [0.3, 0.4) is 0 Å². The summed E-state index contributed by atoms with van der Waals surface area (Å²) in [7, 11) is -1.61. The van der Waals surface area contributed by atoms with Crippen LogP contribution < -0.4 is 16.5 Å². The average molecular weight is 220 g/mol. The summed E-state index contributed by atoms with van der Waals surface area (Å²) in [5.41, 5.74) is 6.50. The van der Waals surface area contributed by atoms with Crippen LogP contribution in [0.15, 0.2) is 18.2 Å². The first-order valence-corrected chi connectivity index (χ1v) is 5.14. The first-order chi connectivity index (χ1) is 7.56. The molecule has 0 radical (unpaired) electrons. The maximum Gasteiger partial charge on any atom is 0.488 e. The Morgan fingerprint density at radius 1 is 1.38 bits per heavy atom. The van der Waals surface area contributed by atoms with Gasteiger partial charge in [-0.15, -0.1) is 0 Å². The maximum absolute atomic E-state index is 11.7. The van der Waals surface area contributed by atoms with Gasteiger partial charge in [-0.05, 0) is 36.5 Å². The van der Waals surface area contributed by atoms with Crippen LogP contribution in [0.2, 0.25) is 0 Å². The van der Waals surface area contributed by atoms with Gasteiger partial charge in [0.25, 0.3) is 5.91 Å². The summed E-state index contributed by atoms with van der Waals surface area (Å²) in [5.74, 6) is -0.225. The average Bonchev–Trinajstić information content (AvgIpc) is 3.00. The number of rotatable bonds is 3. The van der Waals surface area contributed by atoms with Gasteiger partial charge in [0.2, 0.25) is 0 Å².